The van der Waals surface area contributed by atoms with E-state index in [0.29, 0.717) is 17.5 Å². The molecule has 3 aromatic carbocycles. The van der Waals surface area contributed by atoms with Gasteiger partial charge in [-0.2, -0.15) is 0 Å². The number of ketones is 1. The van der Waals surface area contributed by atoms with Gasteiger partial charge in [-0.05, 0) is 48.0 Å². The van der Waals surface area contributed by atoms with Crippen molar-refractivity contribution in [3.63, 3.8) is 0 Å². The van der Waals surface area contributed by atoms with Crippen LogP contribution in [0.3, 0.4) is 0 Å². The Morgan fingerprint density at radius 3 is 2.56 bits per heavy atom. The summed E-state index contributed by atoms with van der Waals surface area (Å²) in [5, 5.41) is 1.67. The third-order valence-electron chi connectivity index (χ3n) is 5.41. The molecule has 32 heavy (non-hydrogen) atoms. The zero-order chi connectivity index (χ0) is 22.1. The van der Waals surface area contributed by atoms with Crippen molar-refractivity contribution >= 4 is 33.7 Å². The molecule has 0 unspecified atom stereocenters. The van der Waals surface area contributed by atoms with E-state index in [1.807, 2.05) is 36.5 Å². The van der Waals surface area contributed by atoms with Crippen molar-refractivity contribution in [3.8, 4) is 0 Å². The number of para-hydroxylation sites is 2. The quantitative estimate of drug-likeness (QED) is 0.203. The van der Waals surface area contributed by atoms with E-state index in [9.17, 15) is 14.0 Å². The second-order valence-electron chi connectivity index (χ2n) is 7.54. The molecule has 0 saturated heterocycles. The lowest BCUT2D eigenvalue weighted by Crippen LogP contribution is -2.11. The highest BCUT2D eigenvalue weighted by atomic mass is 19.1. The number of hydrogen-bond acceptors (Lipinski definition) is 3. The summed E-state index contributed by atoms with van der Waals surface area (Å²) in [7, 11) is 0. The highest BCUT2D eigenvalue weighted by Gasteiger charge is 2.12. The molecule has 0 atom stereocenters. The van der Waals surface area contributed by atoms with Gasteiger partial charge in [-0.25, -0.2) is 9.18 Å². The third-order valence-corrected chi connectivity index (χ3v) is 5.41. The Hall–Kier alpha value is -4.25. The number of aromatic nitrogens is 1. The zero-order valence-electron chi connectivity index (χ0n) is 17.0. The standard InChI is InChI=1S/C27H18FNO3/c28-21-12-9-18(10-13-21)16-29-17-20(22-6-2-3-7-24(22)29)11-14-25(30)23-15-19-5-1-4-8-26(19)32-27(23)31/h1-15,17H,16H2/b14-11+. The van der Waals surface area contributed by atoms with Crippen molar-refractivity contribution in [2.24, 2.45) is 0 Å². The predicted octanol–water partition coefficient (Wildman–Crippen LogP) is 5.83. The van der Waals surface area contributed by atoms with Crippen molar-refractivity contribution in [3.05, 3.63) is 124 Å². The molecule has 0 N–H and O–H groups in total. The summed E-state index contributed by atoms with van der Waals surface area (Å²) in [6, 6.07) is 22.9. The second kappa shape index (κ2) is 8.12. The minimum atomic E-state index is -0.655. The Bertz CT molecular complexity index is 1540. The Labute approximate surface area is 182 Å². The SMILES string of the molecule is O=C(/C=C/c1cn(Cc2ccc(F)cc2)c2ccccc12)c1cc2ccccc2oc1=O. The second-order valence-corrected chi connectivity index (χ2v) is 7.54. The van der Waals surface area contributed by atoms with Crippen LogP contribution in [0.1, 0.15) is 21.5 Å². The molecule has 0 spiro atoms. The van der Waals surface area contributed by atoms with Crippen LogP contribution in [0.5, 0.6) is 0 Å². The Kier molecular flexibility index (Phi) is 5.00. The molecule has 5 aromatic rings. The van der Waals surface area contributed by atoms with Crippen LogP contribution in [0.15, 0.2) is 100 Å². The molecule has 0 radical (unpaired) electrons. The average molecular weight is 423 g/mol. The minimum absolute atomic E-state index is 0.00463. The molecule has 0 amide bonds. The van der Waals surface area contributed by atoms with E-state index in [0.717, 1.165) is 22.0 Å². The van der Waals surface area contributed by atoms with Crippen LogP contribution in [0.2, 0.25) is 0 Å². The molecular formula is C27H18FNO3. The van der Waals surface area contributed by atoms with Gasteiger partial charge in [-0.15, -0.1) is 0 Å². The van der Waals surface area contributed by atoms with E-state index in [-0.39, 0.29) is 11.4 Å². The lowest BCUT2D eigenvalue weighted by atomic mass is 10.1. The number of carbonyl (C=O) groups excluding carboxylic acids is 1. The van der Waals surface area contributed by atoms with Crippen molar-refractivity contribution < 1.29 is 13.6 Å². The topological polar surface area (TPSA) is 52.2 Å². The van der Waals surface area contributed by atoms with Gasteiger partial charge in [0.25, 0.3) is 0 Å². The fourth-order valence-electron chi connectivity index (χ4n) is 3.81. The third kappa shape index (κ3) is 3.76. The van der Waals surface area contributed by atoms with Crippen molar-refractivity contribution in [2.45, 2.75) is 6.54 Å². The molecule has 0 fully saturated rings. The molecule has 0 aliphatic rings. The van der Waals surface area contributed by atoms with Crippen LogP contribution >= 0.6 is 0 Å². The normalized spacial score (nSPS) is 11.5. The molecule has 2 aromatic heterocycles. The maximum Gasteiger partial charge on any atom is 0.347 e. The number of allylic oxidation sites excluding steroid dienone is 1. The lowest BCUT2D eigenvalue weighted by molar-refractivity contribution is 0.104. The fraction of sp³-hybridized carbons (Fsp3) is 0.0370. The molecule has 0 aliphatic heterocycles. The van der Waals surface area contributed by atoms with Crippen LogP contribution in [-0.2, 0) is 6.54 Å². The summed E-state index contributed by atoms with van der Waals surface area (Å²) in [5.41, 5.74) is 2.59. The summed E-state index contributed by atoms with van der Waals surface area (Å²) in [6.45, 7) is 0.566. The molecule has 0 saturated carbocycles. The minimum Gasteiger partial charge on any atom is -0.422 e. The fourth-order valence-corrected chi connectivity index (χ4v) is 3.81. The molecule has 2 heterocycles. The number of carbonyl (C=O) groups is 1. The zero-order valence-corrected chi connectivity index (χ0v) is 17.0. The van der Waals surface area contributed by atoms with Crippen molar-refractivity contribution in [1.29, 1.82) is 0 Å². The molecule has 4 nitrogen and oxygen atoms in total. The van der Waals surface area contributed by atoms with Gasteiger partial charge < -0.3 is 8.98 Å². The number of halogens is 1. The Morgan fingerprint density at radius 1 is 0.969 bits per heavy atom. The van der Waals surface area contributed by atoms with E-state index in [1.54, 1.807) is 42.5 Å². The van der Waals surface area contributed by atoms with Gasteiger partial charge in [0.1, 0.15) is 17.0 Å². The summed E-state index contributed by atoms with van der Waals surface area (Å²) in [5.74, 6) is -0.689. The van der Waals surface area contributed by atoms with Crippen LogP contribution in [0.25, 0.3) is 27.9 Å². The number of nitrogens with zero attached hydrogens (tertiary/aromatic N) is 1. The predicted molar refractivity (Wildman–Crippen MR) is 123 cm³/mol. The van der Waals surface area contributed by atoms with Crippen LogP contribution in [0, 0.1) is 5.82 Å². The first-order valence-corrected chi connectivity index (χ1v) is 10.2. The molecular weight excluding hydrogens is 405 g/mol. The van der Waals surface area contributed by atoms with Gasteiger partial charge >= 0.3 is 5.63 Å². The van der Waals surface area contributed by atoms with Gasteiger partial charge in [0.2, 0.25) is 0 Å². The molecule has 5 heteroatoms. The van der Waals surface area contributed by atoms with Crippen LogP contribution < -0.4 is 5.63 Å². The van der Waals surface area contributed by atoms with E-state index in [2.05, 4.69) is 4.57 Å². The first kappa shape index (κ1) is 19.7. The van der Waals surface area contributed by atoms with Crippen molar-refractivity contribution in [2.75, 3.05) is 0 Å². The van der Waals surface area contributed by atoms with Crippen LogP contribution in [0.4, 0.5) is 4.39 Å². The number of benzene rings is 3. The Balaban J connectivity index is 1.49. The first-order chi connectivity index (χ1) is 15.6. The van der Waals surface area contributed by atoms with E-state index >= 15 is 0 Å². The molecule has 0 bridgehead atoms. The van der Waals surface area contributed by atoms with E-state index in [4.69, 9.17) is 4.42 Å². The van der Waals surface area contributed by atoms with Gasteiger partial charge in [-0.3, -0.25) is 4.79 Å². The first-order valence-electron chi connectivity index (χ1n) is 10.2. The smallest absolute Gasteiger partial charge is 0.347 e. The summed E-state index contributed by atoms with van der Waals surface area (Å²) in [6.07, 6.45) is 5.05. The monoisotopic (exact) mass is 423 g/mol. The van der Waals surface area contributed by atoms with Gasteiger partial charge in [-0.1, -0.05) is 48.5 Å². The maximum atomic E-state index is 13.2. The number of rotatable bonds is 5. The van der Waals surface area contributed by atoms with Gasteiger partial charge in [0.05, 0.1) is 0 Å². The molecule has 156 valence electrons. The highest BCUT2D eigenvalue weighted by molar-refractivity contribution is 6.08. The number of fused-ring (bicyclic) bond motifs is 2. The maximum absolute atomic E-state index is 13.2. The van der Waals surface area contributed by atoms with Gasteiger partial charge in [0.15, 0.2) is 5.78 Å². The summed E-state index contributed by atoms with van der Waals surface area (Å²) < 4.78 is 20.6. The van der Waals surface area contributed by atoms with Gasteiger partial charge in [0, 0.05) is 34.6 Å². The average Bonchev–Trinajstić information content (AvgIpc) is 3.16. The van der Waals surface area contributed by atoms with Crippen molar-refractivity contribution in [1.82, 2.24) is 4.57 Å². The van der Waals surface area contributed by atoms with E-state index in [1.165, 1.54) is 18.2 Å². The largest absolute Gasteiger partial charge is 0.422 e. The highest BCUT2D eigenvalue weighted by Crippen LogP contribution is 2.24. The lowest BCUT2D eigenvalue weighted by Gasteiger charge is -2.05. The summed E-state index contributed by atoms with van der Waals surface area (Å²) in [4.78, 5) is 25.0. The van der Waals surface area contributed by atoms with E-state index < -0.39 is 11.4 Å². The molecule has 0 aliphatic carbocycles. The summed E-state index contributed by atoms with van der Waals surface area (Å²) >= 11 is 0. The number of hydrogen-bond donors (Lipinski definition) is 0. The van der Waals surface area contributed by atoms with Crippen LogP contribution in [-0.4, -0.2) is 10.4 Å². The molecule has 5 rings (SSSR count). The Morgan fingerprint density at radius 2 is 1.72 bits per heavy atom.